The molecular weight excluding hydrogens is 721 g/mol. The van der Waals surface area contributed by atoms with Gasteiger partial charge < -0.3 is 15.2 Å². The quantitative estimate of drug-likeness (QED) is 0.199. The van der Waals surface area contributed by atoms with Gasteiger partial charge in [-0.05, 0) is 55.2 Å². The van der Waals surface area contributed by atoms with E-state index >= 15 is 0 Å². The molecule has 239 valence electrons. The summed E-state index contributed by atoms with van der Waals surface area (Å²) in [6.45, 7) is 24.6. The smallest absolute Gasteiger partial charge is 0.0878 e. The fourth-order valence-electron chi connectivity index (χ4n) is 5.18. The summed E-state index contributed by atoms with van der Waals surface area (Å²) in [6.07, 6.45) is 1.47. The summed E-state index contributed by atoms with van der Waals surface area (Å²) in [4.78, 5) is 10.1. The second-order valence-electron chi connectivity index (χ2n) is 14.3. The zero-order valence-electron chi connectivity index (χ0n) is 28.7. The normalized spacial score (nSPS) is 13.0. The third kappa shape index (κ3) is 9.91. The molecule has 0 saturated carbocycles. The van der Waals surface area contributed by atoms with E-state index in [0.29, 0.717) is 6.42 Å². The van der Waals surface area contributed by atoms with Crippen LogP contribution in [0, 0.1) is 58.4 Å². The van der Waals surface area contributed by atoms with Gasteiger partial charge in [0.1, 0.15) is 0 Å². The topological polar surface area (TPSA) is 66.2 Å². The van der Waals surface area contributed by atoms with E-state index in [4.69, 9.17) is 9.97 Å². The van der Waals surface area contributed by atoms with E-state index in [9.17, 15) is 10.2 Å². The number of aliphatic hydroxyl groups excluding tert-OH is 2. The first-order chi connectivity index (χ1) is 19.9. The summed E-state index contributed by atoms with van der Waals surface area (Å²) >= 11 is 0. The Balaban J connectivity index is 0.000000412. The molecule has 1 aromatic heterocycles. The van der Waals surface area contributed by atoms with Gasteiger partial charge in [0, 0.05) is 44.0 Å². The molecule has 1 heterocycles. The molecule has 0 amide bonds. The maximum absolute atomic E-state index is 9.76. The Bertz CT molecular complexity index is 1490. The fourth-order valence-corrected chi connectivity index (χ4v) is 5.18. The summed E-state index contributed by atoms with van der Waals surface area (Å²) in [6, 6.07) is 20.7. The van der Waals surface area contributed by atoms with Crippen LogP contribution in [-0.4, -0.2) is 32.4 Å². The number of benzene rings is 3. The molecule has 4 aromatic rings. The van der Waals surface area contributed by atoms with E-state index in [2.05, 4.69) is 96.1 Å². The molecule has 44 heavy (non-hydrogen) atoms. The Kier molecular flexibility index (Phi) is 12.8. The summed E-state index contributed by atoms with van der Waals surface area (Å²) in [5.41, 5.74) is 12.8. The van der Waals surface area contributed by atoms with Crippen LogP contribution in [0.15, 0.2) is 54.7 Å². The van der Waals surface area contributed by atoms with Crippen LogP contribution in [0.3, 0.4) is 0 Å². The number of nitrogens with zero attached hydrogens (tertiary/aromatic N) is 2. The fraction of sp³-hybridized carbons (Fsp3) is 0.436. The minimum absolute atomic E-state index is 0. The van der Waals surface area contributed by atoms with Crippen molar-refractivity contribution in [3.05, 3.63) is 94.2 Å². The van der Waals surface area contributed by atoms with Gasteiger partial charge in [-0.3, -0.25) is 4.98 Å². The maximum atomic E-state index is 9.76. The summed E-state index contributed by atoms with van der Waals surface area (Å²) in [5.74, 6) is 0. The second kappa shape index (κ2) is 15.1. The Labute approximate surface area is 279 Å². The third-order valence-corrected chi connectivity index (χ3v) is 7.85. The average Bonchev–Trinajstić information content (AvgIpc) is 2.86. The van der Waals surface area contributed by atoms with Gasteiger partial charge in [-0.2, -0.15) is 0 Å². The van der Waals surface area contributed by atoms with Crippen molar-refractivity contribution >= 4 is 0 Å². The van der Waals surface area contributed by atoms with E-state index < -0.39 is 12.2 Å². The number of hydrogen-bond acceptors (Lipinski definition) is 4. The molecule has 0 saturated heterocycles. The van der Waals surface area contributed by atoms with E-state index in [1.807, 2.05) is 47.7 Å². The van der Waals surface area contributed by atoms with E-state index in [-0.39, 0.29) is 30.9 Å². The van der Waals surface area contributed by atoms with Gasteiger partial charge in [-0.25, -0.2) is 0 Å². The Hall–Kier alpha value is -2.69. The molecule has 4 nitrogen and oxygen atoms in total. The first-order valence-corrected chi connectivity index (χ1v) is 15.3. The van der Waals surface area contributed by atoms with Crippen molar-refractivity contribution in [3.8, 4) is 33.8 Å². The van der Waals surface area contributed by atoms with Gasteiger partial charge in [0.05, 0.1) is 23.6 Å². The number of hydrogen-bond donors (Lipinski definition) is 2. The molecule has 1 radical (unpaired) electrons. The van der Waals surface area contributed by atoms with Crippen LogP contribution in [0.5, 0.6) is 0 Å². The molecule has 5 heteroatoms. The Morgan fingerprint density at radius 2 is 1.20 bits per heavy atom. The third-order valence-electron chi connectivity index (χ3n) is 7.85. The van der Waals surface area contributed by atoms with Crippen molar-refractivity contribution in [3.63, 3.8) is 0 Å². The molecule has 2 unspecified atom stereocenters. The first kappa shape index (κ1) is 37.5. The first-order valence-electron chi connectivity index (χ1n) is 15.3. The van der Waals surface area contributed by atoms with Crippen LogP contribution in [0.2, 0.25) is 0 Å². The number of aromatic nitrogens is 2. The van der Waals surface area contributed by atoms with Crippen LogP contribution in [0.25, 0.3) is 33.8 Å². The second-order valence-corrected chi connectivity index (χ2v) is 14.3. The predicted molar refractivity (Wildman–Crippen MR) is 181 cm³/mol. The molecule has 4 rings (SSSR count). The van der Waals surface area contributed by atoms with Gasteiger partial charge in [0.2, 0.25) is 0 Å². The van der Waals surface area contributed by atoms with E-state index in [0.717, 1.165) is 39.3 Å². The average molecular weight is 772 g/mol. The number of aryl methyl sites for hydroxylation is 6. The molecule has 0 spiro atoms. The van der Waals surface area contributed by atoms with Crippen molar-refractivity contribution in [2.75, 3.05) is 0 Å². The molecule has 0 bridgehead atoms. The summed E-state index contributed by atoms with van der Waals surface area (Å²) in [5, 5.41) is 19.5. The van der Waals surface area contributed by atoms with Crippen molar-refractivity contribution in [1.82, 2.24) is 9.97 Å². The van der Waals surface area contributed by atoms with Crippen molar-refractivity contribution < 1.29 is 30.3 Å². The van der Waals surface area contributed by atoms with E-state index in [1.165, 1.54) is 27.8 Å². The van der Waals surface area contributed by atoms with Gasteiger partial charge >= 0.3 is 0 Å². The summed E-state index contributed by atoms with van der Waals surface area (Å²) in [7, 11) is 0. The molecule has 0 fully saturated rings. The van der Waals surface area contributed by atoms with Crippen molar-refractivity contribution in [2.24, 2.45) is 10.8 Å². The van der Waals surface area contributed by atoms with Gasteiger partial charge in [-0.1, -0.05) is 103 Å². The maximum Gasteiger partial charge on any atom is 0.0878 e. The van der Waals surface area contributed by atoms with Gasteiger partial charge in [-0.15, -0.1) is 34.9 Å². The number of rotatable bonds is 5. The molecular formula is C39H51IrN2O2-. The van der Waals surface area contributed by atoms with Crippen LogP contribution in [-0.2, 0) is 20.1 Å². The Morgan fingerprint density at radius 3 is 1.68 bits per heavy atom. The number of aliphatic hydroxyl groups is 2. The largest absolute Gasteiger partial charge is 0.392 e. The zero-order chi connectivity index (χ0) is 32.3. The van der Waals surface area contributed by atoms with Gasteiger partial charge in [0.15, 0.2) is 0 Å². The predicted octanol–water partition coefficient (Wildman–Crippen LogP) is 9.32. The van der Waals surface area contributed by atoms with Crippen molar-refractivity contribution in [2.45, 2.75) is 102 Å². The molecule has 0 aliphatic carbocycles. The van der Waals surface area contributed by atoms with E-state index in [1.54, 1.807) is 0 Å². The standard InChI is InChI=1S/C28H27N2.C11H24O2.Ir/c1-17-10-18(2)13-23(12-17)27-28(24-14-19(3)11-20(4)15-24)30-25(16-29-27)26-21(5)8-7-9-22(26)6;1-10(2,3)8(12)7-9(13)11(4,5)6;/h7-12,14-16H,1-6H3;8-9,12-13H,7H2,1-6H3;/q-1;;. The van der Waals surface area contributed by atoms with Crippen molar-refractivity contribution in [1.29, 1.82) is 0 Å². The minimum Gasteiger partial charge on any atom is -0.392 e. The molecule has 2 N–H and O–H groups in total. The monoisotopic (exact) mass is 772 g/mol. The van der Waals surface area contributed by atoms with Crippen LogP contribution >= 0.6 is 0 Å². The SMILES string of the molecule is CC(C)(C)C(O)CC(O)C(C)(C)C.Cc1[c-]c(-c2ncc(-c3c(C)cccc3C)nc2-c2cc(C)cc(C)c2)cc(C)c1.[Ir]. The molecule has 3 aromatic carbocycles. The van der Waals surface area contributed by atoms with Crippen LogP contribution in [0.1, 0.15) is 81.3 Å². The summed E-state index contributed by atoms with van der Waals surface area (Å²) < 4.78 is 0. The molecule has 0 aliphatic heterocycles. The van der Waals surface area contributed by atoms with Crippen LogP contribution in [0.4, 0.5) is 0 Å². The Morgan fingerprint density at radius 1 is 0.705 bits per heavy atom. The molecule has 0 aliphatic rings. The molecule has 2 atom stereocenters. The minimum atomic E-state index is -0.443. The van der Waals surface area contributed by atoms with Gasteiger partial charge in [0.25, 0.3) is 0 Å². The zero-order valence-corrected chi connectivity index (χ0v) is 31.1. The van der Waals surface area contributed by atoms with Crippen LogP contribution < -0.4 is 0 Å².